The third kappa shape index (κ3) is 742. The molecule has 0 rings (SSSR count). The Morgan fingerprint density at radius 1 is 0.444 bits per heavy atom. The Kier molecular flexibility index (Phi) is 26900. The molecule has 0 amide bonds. The number of hydrogen-bond donors (Lipinski definition) is 0. The molecule has 0 fully saturated rings. The van der Waals surface area contributed by atoms with Crippen molar-refractivity contribution in [3.63, 3.8) is 0 Å². The summed E-state index contributed by atoms with van der Waals surface area (Å²) in [5, 5.41) is 0. The fraction of sp³-hybridized carbons (Fsp3) is 1.00. The van der Waals surface area contributed by atoms with Crippen LogP contribution >= 0.6 is 23.8 Å². The zero-order valence-corrected chi connectivity index (χ0v) is 2.54. The largest absolute Gasteiger partial charge is 0.107 e. The predicted molar refractivity (Wildman–Crippen MR) is 69.3 cm³/mol. The average molecular weight is 257 g/mol. The molecule has 0 aliphatic heterocycles. The van der Waals surface area contributed by atoms with Crippen molar-refractivity contribution < 1.29 is 0 Å². The molecule has 0 aromatic heterocycles. The molecule has 0 aliphatic rings. The van der Waals surface area contributed by atoms with Crippen molar-refractivity contribution in [3.05, 3.63) is 0 Å². The van der Waals surface area contributed by atoms with Crippen LogP contribution in [0.2, 0.25) is 0 Å². The van der Waals surface area contributed by atoms with Gasteiger partial charge in [-0.25, -0.2) is 0 Å². The Labute approximate surface area is 83.9 Å². The van der Waals surface area contributed by atoms with E-state index in [1.54, 1.807) is 0 Å². The Balaban J connectivity index is -0.000000000179. The van der Waals surface area contributed by atoms with Crippen LogP contribution in [-0.2, 0) is 0 Å². The molecule has 0 nitrogen and oxygen atoms in total. The molecule has 0 atom stereocenters. The monoisotopic (exact) mass is 257 g/mol. The van der Waals surface area contributed by atoms with Crippen LogP contribution in [0.3, 0.4) is 0 Å². The molecule has 0 saturated heterocycles. The van der Waals surface area contributed by atoms with Crippen molar-refractivity contribution in [1.29, 1.82) is 0.594 Å². The van der Waals surface area contributed by atoms with E-state index in [0.29, 0.717) is 0 Å². The molecular formula is C8H33I. The fourth-order valence-electron chi connectivity index (χ4n) is 0. The Morgan fingerprint density at radius 2 is 0.444 bits per heavy atom. The van der Waals surface area contributed by atoms with Crippen molar-refractivity contribution in [3.8, 4) is 0 Å². The van der Waals surface area contributed by atoms with E-state index in [0.717, 1.165) is 0 Å². The van der Waals surface area contributed by atoms with E-state index in [1.807, 2.05) is 0 Å². The molecule has 0 aromatic carbocycles. The van der Waals surface area contributed by atoms with Crippen LogP contribution in [0.1, 0.15) is 59.4 Å². The van der Waals surface area contributed by atoms with Crippen LogP contribution in [0.5, 0.6) is 0 Å². The van der Waals surface area contributed by atoms with Gasteiger partial charge in [0.05, 0.1) is 0 Å². The summed E-state index contributed by atoms with van der Waals surface area (Å²) in [6, 6.07) is 0. The molecule has 9 heavy (non-hydrogen) atoms. The summed E-state index contributed by atoms with van der Waals surface area (Å²) < 4.78 is 5.72. The van der Waals surface area contributed by atoms with Crippen LogP contribution in [0.4, 0.5) is 0 Å². The van der Waals surface area contributed by atoms with E-state index < -0.39 is 0 Å². The fourth-order valence-corrected chi connectivity index (χ4v) is 0. The normalized spacial score (nSPS) is 0.778. The molecule has 0 N–H and O–H groups in total. The van der Waals surface area contributed by atoms with E-state index in [2.05, 4.69) is 0 Å². The molecule has 0 spiro atoms. The highest BCUT2D eigenvalue weighted by Crippen LogP contribution is 0.886. The lowest BCUT2D eigenvalue weighted by molar-refractivity contribution is 2.50. The smallest absolute Gasteiger partial charge is 0.107 e. The van der Waals surface area contributed by atoms with Gasteiger partial charge in [-0.2, -0.15) is 0 Å². The maximum atomic E-state index is 5.72. The SMILES string of the molecule is C.C.C.C.C.C.C.C.[2H]I. The molecule has 0 bridgehead atoms. The lowest BCUT2D eigenvalue weighted by Gasteiger charge is -0.108. The summed E-state index contributed by atoms with van der Waals surface area (Å²) in [6.07, 6.45) is 0. The summed E-state index contributed by atoms with van der Waals surface area (Å²) >= 11 is 1.40. The van der Waals surface area contributed by atoms with Crippen molar-refractivity contribution >= 4 is 23.8 Å². The van der Waals surface area contributed by atoms with E-state index in [9.17, 15) is 0 Å². The minimum Gasteiger partial charge on any atom is -0.107 e. The van der Waals surface area contributed by atoms with Crippen LogP contribution < -0.4 is 0 Å². The molecule has 0 saturated carbocycles. The first kappa shape index (κ1) is 248. The Bertz CT molecular complexity index is 9.22. The standard InChI is InChI=1S/8CH4.HI/h8*1H4;1H/i/hD. The summed E-state index contributed by atoms with van der Waals surface area (Å²) in [6.45, 7) is 0. The number of rotatable bonds is 0. The first-order valence-corrected chi connectivity index (χ1v) is 0. The number of hydrogen-bond acceptors (Lipinski definition) is 0. The number of halogens is 1. The highest BCUT2D eigenvalue weighted by molar-refractivity contribution is 14.0. The average Bonchev–Trinajstić information content (AvgIpc) is 1.00. The van der Waals surface area contributed by atoms with Crippen molar-refractivity contribution in [1.82, 2.24) is 0 Å². The quantitative estimate of drug-likeness (QED) is 0.488. The van der Waals surface area contributed by atoms with Crippen LogP contribution in [-0.4, -0.2) is 0.594 Å². The summed E-state index contributed by atoms with van der Waals surface area (Å²) in [4.78, 5) is 0. The van der Waals surface area contributed by atoms with Gasteiger partial charge in [0.15, 0.2) is 0 Å². The molecule has 0 aromatic rings. The second kappa shape index (κ2) is 979. The van der Waals surface area contributed by atoms with Gasteiger partial charge in [-0.1, -0.05) is 59.4 Å². The van der Waals surface area contributed by atoms with Crippen molar-refractivity contribution in [2.75, 3.05) is 0 Å². The van der Waals surface area contributed by atoms with Gasteiger partial charge >= 0.3 is 0 Å². The minimum atomic E-state index is 0. The summed E-state index contributed by atoms with van der Waals surface area (Å²) in [5.74, 6) is 0. The second-order valence-electron chi connectivity index (χ2n) is 0. The van der Waals surface area contributed by atoms with Crippen molar-refractivity contribution in [2.24, 2.45) is 0 Å². The molecule has 72 valence electrons. The molecule has 1 heteroatoms. The van der Waals surface area contributed by atoms with E-state index in [1.165, 1.54) is 23.8 Å². The van der Waals surface area contributed by atoms with Gasteiger partial charge in [-0.05, 0) is 0 Å². The summed E-state index contributed by atoms with van der Waals surface area (Å²) in [7, 11) is 0. The van der Waals surface area contributed by atoms with E-state index in [-0.39, 0.29) is 59.4 Å². The lowest BCUT2D eigenvalue weighted by Crippen LogP contribution is 0.143. The molecule has 0 aliphatic carbocycles. The van der Waals surface area contributed by atoms with Crippen LogP contribution in [0.25, 0.3) is 0 Å². The first-order valence-electron chi connectivity index (χ1n) is 0.378. The minimum absolute atomic E-state index is 0. The van der Waals surface area contributed by atoms with Crippen LogP contribution in [0, 0.1) is 0 Å². The van der Waals surface area contributed by atoms with Gasteiger partial charge < -0.3 is 0 Å². The van der Waals surface area contributed by atoms with Gasteiger partial charge in [0.1, 0.15) is 0.594 Å². The maximum absolute atomic E-state index is 5.72. The lowest BCUT2D eigenvalue weighted by atomic mass is 12.0. The van der Waals surface area contributed by atoms with Gasteiger partial charge in [-0.15, -0.1) is 23.8 Å². The van der Waals surface area contributed by atoms with Gasteiger partial charge in [0, 0.05) is 0 Å². The maximum Gasteiger partial charge on any atom is 0.107 e. The van der Waals surface area contributed by atoms with Crippen LogP contribution in [0.15, 0.2) is 0 Å². The second-order valence-corrected chi connectivity index (χ2v) is 0. The van der Waals surface area contributed by atoms with Gasteiger partial charge in [-0.3, -0.25) is 0 Å². The van der Waals surface area contributed by atoms with Crippen molar-refractivity contribution in [2.45, 2.75) is 59.4 Å². The predicted octanol–water partition coefficient (Wildman–Crippen LogP) is 5.71. The highest BCUT2D eigenvalue weighted by Gasteiger charge is -0.0703. The van der Waals surface area contributed by atoms with E-state index in [4.69, 9.17) is 0.594 Å². The zero-order valence-electron chi connectivity index (χ0n) is 1.38. The highest BCUT2D eigenvalue weighted by atomic mass is 127. The van der Waals surface area contributed by atoms with E-state index >= 15 is 0 Å². The Hall–Kier alpha value is 0.730. The third-order valence-electron chi connectivity index (χ3n) is 0. The molecule has 0 radical (unpaired) electrons. The molecule has 0 heterocycles. The summed E-state index contributed by atoms with van der Waals surface area (Å²) in [5.41, 5.74) is 0. The van der Waals surface area contributed by atoms with Gasteiger partial charge in [0.25, 0.3) is 0 Å². The molecular weight excluding hydrogens is 223 g/mol. The topological polar surface area (TPSA) is 0 Å². The van der Waals surface area contributed by atoms with Gasteiger partial charge in [0.2, 0.25) is 0 Å². The zero-order chi connectivity index (χ0) is 2.00. The first-order chi connectivity index (χ1) is 1.00. The molecule has 0 unspecified atom stereocenters. The Morgan fingerprint density at radius 3 is 0.444 bits per heavy atom. The third-order valence-corrected chi connectivity index (χ3v) is 0.